The molecule has 0 fully saturated rings. The first kappa shape index (κ1) is 36.8. The number of ketones is 1. The number of hydrogen-bond acceptors (Lipinski definition) is 6. The highest BCUT2D eigenvalue weighted by Crippen LogP contribution is 2.55. The van der Waals surface area contributed by atoms with E-state index in [4.69, 9.17) is 4.74 Å². The number of aliphatic hydroxyl groups excluding tert-OH is 1. The van der Waals surface area contributed by atoms with Crippen LogP contribution >= 0.6 is 0 Å². The number of unbranched alkanes of at least 4 members (excludes halogenated alkanes) is 4. The van der Waals surface area contributed by atoms with Crippen molar-refractivity contribution in [3.8, 4) is 0 Å². The minimum atomic E-state index is -0.991. The van der Waals surface area contributed by atoms with Crippen molar-refractivity contribution in [3.63, 3.8) is 0 Å². The maximum absolute atomic E-state index is 14.1. The van der Waals surface area contributed by atoms with Crippen LogP contribution in [0.25, 0.3) is 0 Å². The molecule has 2 heterocycles. The molecule has 0 saturated carbocycles. The Morgan fingerprint density at radius 3 is 2.12 bits per heavy atom. The van der Waals surface area contributed by atoms with E-state index in [9.17, 15) is 24.6 Å². The number of hydrogen-bond donors (Lipinski definition) is 2. The van der Waals surface area contributed by atoms with E-state index in [0.29, 0.717) is 17.7 Å². The van der Waals surface area contributed by atoms with Crippen LogP contribution in [0.3, 0.4) is 0 Å². The average molecular weight is 682 g/mol. The predicted molar refractivity (Wildman–Crippen MR) is 198 cm³/mol. The molecule has 0 unspecified atom stereocenters. The molecule has 2 N–H and O–H groups in total. The fraction of sp³-hybridized carbons (Fsp3) is 0.476. The smallest absolute Gasteiger partial charge is 0.338 e. The number of carboxylic acid groups (broad SMARTS) is 1. The maximum Gasteiger partial charge on any atom is 0.338 e. The van der Waals surface area contributed by atoms with Crippen LogP contribution in [0.5, 0.6) is 0 Å². The van der Waals surface area contributed by atoms with Crippen molar-refractivity contribution in [1.82, 2.24) is 0 Å². The van der Waals surface area contributed by atoms with Crippen molar-refractivity contribution in [2.24, 2.45) is 0 Å². The van der Waals surface area contributed by atoms with Gasteiger partial charge in [0, 0.05) is 41.1 Å². The summed E-state index contributed by atoms with van der Waals surface area (Å²) in [7, 11) is 1.90. The van der Waals surface area contributed by atoms with Gasteiger partial charge < -0.3 is 19.8 Å². The van der Waals surface area contributed by atoms with E-state index in [0.717, 1.165) is 98.2 Å². The van der Waals surface area contributed by atoms with Crippen molar-refractivity contribution < 1.29 is 33.9 Å². The highest BCUT2D eigenvalue weighted by atomic mass is 16.5. The number of ether oxygens (including phenoxy) is 1. The number of nitrogens with zero attached hydrogens (tertiary/aromatic N) is 2. The van der Waals surface area contributed by atoms with Gasteiger partial charge >= 0.3 is 11.9 Å². The molecule has 0 radical (unpaired) electrons. The number of aromatic carboxylic acids is 1. The van der Waals surface area contributed by atoms with Crippen LogP contribution in [0, 0.1) is 0 Å². The molecule has 50 heavy (non-hydrogen) atoms. The summed E-state index contributed by atoms with van der Waals surface area (Å²) in [5.41, 5.74) is 5.96. The Labute approximate surface area is 296 Å². The summed E-state index contributed by atoms with van der Waals surface area (Å²) in [5.74, 6) is -1.58. The van der Waals surface area contributed by atoms with E-state index in [-0.39, 0.29) is 28.6 Å². The van der Waals surface area contributed by atoms with Gasteiger partial charge in [0.2, 0.25) is 11.5 Å². The molecule has 8 heteroatoms. The van der Waals surface area contributed by atoms with Crippen molar-refractivity contribution in [1.29, 1.82) is 0 Å². The molecular formula is C42H53N2O6+. The van der Waals surface area contributed by atoms with E-state index < -0.39 is 16.8 Å². The van der Waals surface area contributed by atoms with Gasteiger partial charge in [-0.3, -0.25) is 4.79 Å². The lowest BCUT2D eigenvalue weighted by Crippen LogP contribution is -2.34. The molecule has 0 atom stereocenters. The fourth-order valence-corrected chi connectivity index (χ4v) is 8.02. The minimum absolute atomic E-state index is 0.0297. The van der Waals surface area contributed by atoms with Crippen LogP contribution in [-0.4, -0.2) is 58.4 Å². The zero-order chi connectivity index (χ0) is 36.4. The van der Waals surface area contributed by atoms with Crippen molar-refractivity contribution >= 4 is 34.8 Å². The Kier molecular flexibility index (Phi) is 10.9. The average Bonchev–Trinajstić information content (AvgIpc) is 3.46. The third-order valence-electron chi connectivity index (χ3n) is 10.8. The molecule has 8 nitrogen and oxygen atoms in total. The van der Waals surface area contributed by atoms with Gasteiger partial charge in [-0.05, 0) is 82.0 Å². The summed E-state index contributed by atoms with van der Waals surface area (Å²) in [6.45, 7) is 13.4. The quantitative estimate of drug-likeness (QED) is 0.0836. The summed E-state index contributed by atoms with van der Waals surface area (Å²) in [6.07, 6.45) is 12.5. The Balaban J connectivity index is 1.64. The first-order chi connectivity index (χ1) is 23.9. The number of benzene rings is 2. The highest BCUT2D eigenvalue weighted by Gasteiger charge is 2.49. The topological polar surface area (TPSA) is 107 Å². The number of allylic oxidation sites excluding steroid dienone is 5. The maximum atomic E-state index is 14.1. The van der Waals surface area contributed by atoms with E-state index in [2.05, 4.69) is 25.7 Å². The highest BCUT2D eigenvalue weighted by molar-refractivity contribution is 6.24. The van der Waals surface area contributed by atoms with Crippen LogP contribution < -0.4 is 4.90 Å². The zero-order valence-electron chi connectivity index (χ0n) is 30.8. The monoisotopic (exact) mass is 681 g/mol. The normalized spacial score (nSPS) is 18.9. The molecule has 0 saturated heterocycles. The van der Waals surface area contributed by atoms with E-state index in [1.807, 2.05) is 56.7 Å². The number of carbonyl (C=O) groups is 3. The predicted octanol–water partition coefficient (Wildman–Crippen LogP) is 9.10. The number of carbonyl (C=O) groups excluding carboxylic acids is 2. The van der Waals surface area contributed by atoms with Gasteiger partial charge in [-0.1, -0.05) is 59.3 Å². The van der Waals surface area contributed by atoms with Crippen molar-refractivity contribution in [3.05, 3.63) is 93.4 Å². The van der Waals surface area contributed by atoms with E-state index >= 15 is 0 Å². The van der Waals surface area contributed by atoms with Gasteiger partial charge in [-0.15, -0.1) is 0 Å². The molecule has 0 aromatic heterocycles. The second kappa shape index (κ2) is 14.8. The molecule has 0 bridgehead atoms. The molecular weight excluding hydrogens is 628 g/mol. The number of carboxylic acids is 1. The lowest BCUT2D eigenvalue weighted by molar-refractivity contribution is -0.401. The van der Waals surface area contributed by atoms with E-state index in [1.165, 1.54) is 0 Å². The molecule has 0 amide bonds. The minimum Gasteiger partial charge on any atom is -0.506 e. The SMILES string of the molecule is CCCCCN1/C(=C\C2=C(O)C(=C/C3=[N+](C)c4ccc(C(=O)O)cc4C3(C)C)/C2=O)C(CCCC)(CCCC)c2cc(C(=O)OCC)ccc21. The Morgan fingerprint density at radius 2 is 1.52 bits per heavy atom. The second-order valence-electron chi connectivity index (χ2n) is 14.4. The second-order valence-corrected chi connectivity index (χ2v) is 14.4. The van der Waals surface area contributed by atoms with Crippen LogP contribution in [-0.2, 0) is 20.4 Å². The molecule has 266 valence electrons. The third-order valence-corrected chi connectivity index (χ3v) is 10.8. The number of fused-ring (bicyclic) bond motifs is 2. The van der Waals surface area contributed by atoms with Crippen molar-refractivity contribution in [2.45, 2.75) is 110 Å². The van der Waals surface area contributed by atoms with E-state index in [1.54, 1.807) is 24.3 Å². The first-order valence-corrected chi connectivity index (χ1v) is 18.4. The van der Waals surface area contributed by atoms with Gasteiger partial charge in [-0.25, -0.2) is 9.59 Å². The molecule has 3 aliphatic rings. The van der Waals surface area contributed by atoms with Crippen LogP contribution in [0.2, 0.25) is 0 Å². The summed E-state index contributed by atoms with van der Waals surface area (Å²) in [6, 6.07) is 11.0. The largest absolute Gasteiger partial charge is 0.506 e. The number of rotatable bonds is 15. The number of esters is 1. The van der Waals surface area contributed by atoms with Gasteiger partial charge in [0.05, 0.1) is 34.3 Å². The molecule has 1 aliphatic carbocycles. The Hall–Kier alpha value is -4.46. The lowest BCUT2D eigenvalue weighted by atomic mass is 9.70. The first-order valence-electron chi connectivity index (χ1n) is 18.4. The fourth-order valence-electron chi connectivity index (χ4n) is 8.02. The molecule has 2 aromatic rings. The lowest BCUT2D eigenvalue weighted by Gasteiger charge is -2.35. The Morgan fingerprint density at radius 1 is 0.880 bits per heavy atom. The number of anilines is 1. The van der Waals surface area contributed by atoms with Gasteiger partial charge in [0.1, 0.15) is 12.8 Å². The molecule has 2 aromatic carbocycles. The number of Topliss-reactive ketones (excluding diaryl/α,β-unsaturated/α-hetero) is 1. The van der Waals surface area contributed by atoms with Crippen LogP contribution in [0.15, 0.2) is 71.2 Å². The number of aliphatic hydroxyl groups is 1. The van der Waals surface area contributed by atoms with Gasteiger partial charge in [-0.2, -0.15) is 4.58 Å². The van der Waals surface area contributed by atoms with Crippen LogP contribution in [0.1, 0.15) is 131 Å². The summed E-state index contributed by atoms with van der Waals surface area (Å²) in [5, 5.41) is 21.2. The molecule has 0 spiro atoms. The van der Waals surface area contributed by atoms with Crippen LogP contribution in [0.4, 0.5) is 11.4 Å². The summed E-state index contributed by atoms with van der Waals surface area (Å²) >= 11 is 0. The van der Waals surface area contributed by atoms with Gasteiger partial charge in [0.15, 0.2) is 5.71 Å². The Bertz CT molecular complexity index is 1820. The van der Waals surface area contributed by atoms with Gasteiger partial charge in [0.25, 0.3) is 0 Å². The van der Waals surface area contributed by atoms with Crippen molar-refractivity contribution in [2.75, 3.05) is 25.1 Å². The molecule has 2 aliphatic heterocycles. The summed E-state index contributed by atoms with van der Waals surface area (Å²) < 4.78 is 7.37. The standard InChI is InChI=1S/C42H52N2O6/c1-8-12-15-22-44-34-19-17-28(40(49)50-11-4)24-32(34)42(20-13-9-2,21-14-10-3)36(44)26-30-37(45)29(38(30)46)25-35-41(5,6)31-23-27(39(47)48)16-18-33(31)43(35)7/h16-19,23-26H,8-15,20-22H2,1-7H3,(H-,45,46,47,48)/p+1. The molecule has 5 rings (SSSR count). The third kappa shape index (κ3) is 6.33. The zero-order valence-corrected chi connectivity index (χ0v) is 30.8. The summed E-state index contributed by atoms with van der Waals surface area (Å²) in [4.78, 5) is 41.1.